The Kier molecular flexibility index (Phi) is 5.37. The first-order valence-corrected chi connectivity index (χ1v) is 10.3. The number of carboxylic acid groups (broad SMARTS) is 1. The lowest BCUT2D eigenvalue weighted by atomic mass is 9.80. The van der Waals surface area contributed by atoms with Gasteiger partial charge in [0.2, 0.25) is 0 Å². The van der Waals surface area contributed by atoms with E-state index in [1.54, 1.807) is 0 Å². The van der Waals surface area contributed by atoms with Crippen molar-refractivity contribution in [3.8, 4) is 0 Å². The summed E-state index contributed by atoms with van der Waals surface area (Å²) >= 11 is 0. The summed E-state index contributed by atoms with van der Waals surface area (Å²) in [5.41, 5.74) is 5.72. The summed E-state index contributed by atoms with van der Waals surface area (Å²) in [5, 5.41) is 8.87. The number of carboxylic acids is 1. The molecule has 1 atom stereocenters. The van der Waals surface area contributed by atoms with Crippen molar-refractivity contribution in [2.75, 3.05) is 0 Å². The SMILES string of the molecule is C[Si](C)(C)OC(N)(CCC(=O)O)C1CCCCC1. The van der Waals surface area contributed by atoms with Crippen molar-refractivity contribution in [2.24, 2.45) is 11.7 Å². The Morgan fingerprint density at radius 3 is 2.33 bits per heavy atom. The van der Waals surface area contributed by atoms with Crippen LogP contribution in [0.2, 0.25) is 19.6 Å². The lowest BCUT2D eigenvalue weighted by molar-refractivity contribution is -0.139. The van der Waals surface area contributed by atoms with Gasteiger partial charge in [0.1, 0.15) is 5.72 Å². The van der Waals surface area contributed by atoms with Gasteiger partial charge < -0.3 is 15.3 Å². The molecule has 0 aliphatic heterocycles. The number of carbonyl (C=O) groups is 1. The predicted molar refractivity (Wildman–Crippen MR) is 74.8 cm³/mol. The zero-order valence-corrected chi connectivity index (χ0v) is 12.9. The van der Waals surface area contributed by atoms with Crippen LogP contribution in [-0.2, 0) is 9.22 Å². The minimum absolute atomic E-state index is 0.0947. The summed E-state index contributed by atoms with van der Waals surface area (Å²) in [6, 6.07) is 0. The minimum Gasteiger partial charge on any atom is -0.481 e. The molecule has 0 amide bonds. The molecule has 0 aromatic heterocycles. The average Bonchev–Trinajstić information content (AvgIpc) is 2.25. The van der Waals surface area contributed by atoms with E-state index in [4.69, 9.17) is 15.3 Å². The molecule has 1 aliphatic rings. The van der Waals surface area contributed by atoms with E-state index in [0.29, 0.717) is 12.3 Å². The van der Waals surface area contributed by atoms with Gasteiger partial charge in [0.05, 0.1) is 0 Å². The highest BCUT2D eigenvalue weighted by molar-refractivity contribution is 6.69. The van der Waals surface area contributed by atoms with Crippen LogP contribution in [0, 0.1) is 5.92 Å². The Labute approximate surface area is 111 Å². The van der Waals surface area contributed by atoms with Crippen molar-refractivity contribution in [1.82, 2.24) is 0 Å². The van der Waals surface area contributed by atoms with E-state index in [2.05, 4.69) is 19.6 Å². The maximum Gasteiger partial charge on any atom is 0.303 e. The highest BCUT2D eigenvalue weighted by Crippen LogP contribution is 2.36. The summed E-state index contributed by atoms with van der Waals surface area (Å²) < 4.78 is 6.17. The van der Waals surface area contributed by atoms with E-state index < -0.39 is 20.0 Å². The molecule has 0 bridgehead atoms. The molecular weight excluding hydrogens is 246 g/mol. The minimum atomic E-state index is -1.77. The molecule has 1 saturated carbocycles. The van der Waals surface area contributed by atoms with Gasteiger partial charge in [0.15, 0.2) is 8.32 Å². The van der Waals surface area contributed by atoms with Crippen LogP contribution in [0.5, 0.6) is 0 Å². The Morgan fingerprint density at radius 1 is 1.33 bits per heavy atom. The Hall–Kier alpha value is -0.393. The highest BCUT2D eigenvalue weighted by Gasteiger charge is 2.40. The summed E-state index contributed by atoms with van der Waals surface area (Å²) in [7, 11) is -1.77. The van der Waals surface area contributed by atoms with E-state index in [0.717, 1.165) is 12.8 Å². The first-order chi connectivity index (χ1) is 8.23. The molecule has 1 fully saturated rings. The molecule has 18 heavy (non-hydrogen) atoms. The maximum atomic E-state index is 10.8. The summed E-state index contributed by atoms with van der Waals surface area (Å²) in [6.07, 6.45) is 6.30. The van der Waals surface area contributed by atoms with Crippen LogP contribution < -0.4 is 5.73 Å². The molecule has 0 saturated heterocycles. The molecule has 4 nitrogen and oxygen atoms in total. The molecule has 1 unspecified atom stereocenters. The average molecular weight is 273 g/mol. The summed E-state index contributed by atoms with van der Waals surface area (Å²) in [6.45, 7) is 6.33. The first kappa shape index (κ1) is 15.7. The third kappa shape index (κ3) is 5.08. The van der Waals surface area contributed by atoms with Gasteiger partial charge >= 0.3 is 5.97 Å². The molecule has 0 aromatic rings. The molecule has 0 radical (unpaired) electrons. The zero-order valence-electron chi connectivity index (χ0n) is 11.9. The van der Waals surface area contributed by atoms with Crippen LogP contribution in [0.25, 0.3) is 0 Å². The monoisotopic (exact) mass is 273 g/mol. The molecule has 3 N–H and O–H groups in total. The van der Waals surface area contributed by atoms with Crippen molar-refractivity contribution in [1.29, 1.82) is 0 Å². The smallest absolute Gasteiger partial charge is 0.303 e. The fourth-order valence-corrected chi connectivity index (χ4v) is 4.21. The largest absolute Gasteiger partial charge is 0.481 e. The van der Waals surface area contributed by atoms with Crippen LogP contribution >= 0.6 is 0 Å². The molecule has 106 valence electrons. The van der Waals surface area contributed by atoms with E-state index >= 15 is 0 Å². The van der Waals surface area contributed by atoms with Crippen molar-refractivity contribution in [3.63, 3.8) is 0 Å². The molecule has 0 aromatic carbocycles. The van der Waals surface area contributed by atoms with Gasteiger partial charge in [-0.3, -0.25) is 4.79 Å². The lowest BCUT2D eigenvalue weighted by Gasteiger charge is -2.43. The van der Waals surface area contributed by atoms with Crippen molar-refractivity contribution in [2.45, 2.75) is 70.3 Å². The number of nitrogens with two attached hydrogens (primary N) is 1. The second kappa shape index (κ2) is 6.17. The molecule has 0 spiro atoms. The Morgan fingerprint density at radius 2 is 1.89 bits per heavy atom. The lowest BCUT2D eigenvalue weighted by Crippen LogP contribution is -2.55. The predicted octanol–water partition coefficient (Wildman–Crippen LogP) is 2.94. The third-order valence-electron chi connectivity index (χ3n) is 3.52. The van der Waals surface area contributed by atoms with Crippen LogP contribution in [0.3, 0.4) is 0 Å². The molecule has 5 heteroatoms. The molecule has 1 aliphatic carbocycles. The Balaban J connectivity index is 2.74. The zero-order chi connectivity index (χ0) is 13.8. The number of aliphatic carboxylic acids is 1. The number of hydrogen-bond acceptors (Lipinski definition) is 3. The summed E-state index contributed by atoms with van der Waals surface area (Å²) in [5.74, 6) is -0.475. The molecule has 1 rings (SSSR count). The van der Waals surface area contributed by atoms with E-state index in [-0.39, 0.29) is 6.42 Å². The first-order valence-electron chi connectivity index (χ1n) is 6.94. The van der Waals surface area contributed by atoms with Crippen LogP contribution in [-0.4, -0.2) is 25.1 Å². The van der Waals surface area contributed by atoms with Gasteiger partial charge in [-0.1, -0.05) is 19.3 Å². The normalized spacial score (nSPS) is 21.6. The van der Waals surface area contributed by atoms with Gasteiger partial charge in [0, 0.05) is 12.3 Å². The maximum absolute atomic E-state index is 10.8. The Bertz CT molecular complexity index is 284. The standard InChI is InChI=1S/C13H27NO3Si/c1-18(2,3)17-13(14,10-9-12(15)16)11-7-5-4-6-8-11/h11H,4-10,14H2,1-3H3,(H,15,16). The van der Waals surface area contributed by atoms with Crippen molar-refractivity contribution < 1.29 is 14.3 Å². The van der Waals surface area contributed by atoms with E-state index in [9.17, 15) is 4.79 Å². The van der Waals surface area contributed by atoms with Crippen molar-refractivity contribution >= 4 is 14.3 Å². The van der Waals surface area contributed by atoms with Gasteiger partial charge in [-0.25, -0.2) is 0 Å². The second-order valence-corrected chi connectivity index (χ2v) is 10.8. The molecule has 0 heterocycles. The highest BCUT2D eigenvalue weighted by atomic mass is 28.4. The number of rotatable bonds is 6. The van der Waals surface area contributed by atoms with E-state index in [1.165, 1.54) is 19.3 Å². The third-order valence-corrected chi connectivity index (χ3v) is 4.51. The quantitative estimate of drug-likeness (QED) is 0.576. The summed E-state index contributed by atoms with van der Waals surface area (Å²) in [4.78, 5) is 10.8. The van der Waals surface area contributed by atoms with E-state index in [1.807, 2.05) is 0 Å². The van der Waals surface area contributed by atoms with Gasteiger partial charge in [0.25, 0.3) is 0 Å². The van der Waals surface area contributed by atoms with Gasteiger partial charge in [-0.15, -0.1) is 0 Å². The van der Waals surface area contributed by atoms with Gasteiger partial charge in [-0.2, -0.15) is 0 Å². The fourth-order valence-electron chi connectivity index (χ4n) is 2.80. The topological polar surface area (TPSA) is 72.5 Å². The fraction of sp³-hybridized carbons (Fsp3) is 0.923. The van der Waals surface area contributed by atoms with Gasteiger partial charge in [-0.05, 0) is 38.9 Å². The second-order valence-electron chi connectivity index (χ2n) is 6.40. The van der Waals surface area contributed by atoms with Crippen LogP contribution in [0.4, 0.5) is 0 Å². The van der Waals surface area contributed by atoms with Crippen molar-refractivity contribution in [3.05, 3.63) is 0 Å². The van der Waals surface area contributed by atoms with Crippen LogP contribution in [0.1, 0.15) is 44.9 Å². The molecular formula is C13H27NO3Si. The number of hydrogen-bond donors (Lipinski definition) is 2. The van der Waals surface area contributed by atoms with Crippen LogP contribution in [0.15, 0.2) is 0 Å².